The first-order chi connectivity index (χ1) is 29.0. The molecule has 0 N–H and O–H groups in total. The molecule has 7 aromatic carbocycles. The number of hydrogen-bond donors (Lipinski definition) is 0. The molecule has 2 heteroatoms. The normalized spacial score (nSPS) is 14.2. The molecule has 0 bridgehead atoms. The lowest BCUT2D eigenvalue weighted by Crippen LogP contribution is -2.22. The number of fused-ring (bicyclic) bond motifs is 3. The Bertz CT molecular complexity index is 2680. The minimum absolute atomic E-state index is 0.184. The highest BCUT2D eigenvalue weighted by Gasteiger charge is 2.37. The minimum atomic E-state index is -0.184. The summed E-state index contributed by atoms with van der Waals surface area (Å²) in [6, 6.07) is 65.5. The third kappa shape index (κ3) is 7.31. The molecule has 2 aliphatic carbocycles. The average Bonchev–Trinajstić information content (AvgIpc) is 3.52. The first-order valence-electron chi connectivity index (χ1n) is 20.6. The van der Waals surface area contributed by atoms with Gasteiger partial charge >= 0.3 is 0 Å². The van der Waals surface area contributed by atoms with Crippen LogP contribution in [0.1, 0.15) is 48.9 Å². The molecule has 0 heterocycles. The first-order valence-corrected chi connectivity index (χ1v) is 20.6. The van der Waals surface area contributed by atoms with E-state index in [2.05, 4.69) is 243 Å². The second-order valence-electron chi connectivity index (χ2n) is 15.7. The molecule has 0 aromatic heterocycles. The van der Waals surface area contributed by atoms with E-state index in [1.54, 1.807) is 0 Å². The van der Waals surface area contributed by atoms with Gasteiger partial charge in [0.1, 0.15) is 0 Å². The van der Waals surface area contributed by atoms with Gasteiger partial charge in [-0.25, -0.2) is 0 Å². The molecule has 0 atom stereocenters. The van der Waals surface area contributed by atoms with Crippen LogP contribution in [0.25, 0.3) is 33.9 Å². The van der Waals surface area contributed by atoms with Crippen LogP contribution in [0.2, 0.25) is 0 Å². The van der Waals surface area contributed by atoms with E-state index >= 15 is 0 Å². The summed E-state index contributed by atoms with van der Waals surface area (Å²) < 4.78 is 0. The molecule has 0 amide bonds. The zero-order chi connectivity index (χ0) is 40.2. The van der Waals surface area contributed by atoms with Crippen molar-refractivity contribution in [3.8, 4) is 22.3 Å². The van der Waals surface area contributed by atoms with Gasteiger partial charge < -0.3 is 9.80 Å². The molecule has 2 aliphatic rings. The van der Waals surface area contributed by atoms with Gasteiger partial charge in [0.15, 0.2) is 0 Å². The predicted octanol–water partition coefficient (Wildman–Crippen LogP) is 15.5. The van der Waals surface area contributed by atoms with Crippen LogP contribution in [0, 0.1) is 0 Å². The molecular weight excluding hydrogens is 713 g/mol. The summed E-state index contributed by atoms with van der Waals surface area (Å²) in [6.45, 7) is 8.90. The van der Waals surface area contributed by atoms with Crippen molar-refractivity contribution >= 4 is 34.4 Å². The van der Waals surface area contributed by atoms with Gasteiger partial charge in [-0.15, -0.1) is 0 Å². The lowest BCUT2D eigenvalue weighted by Gasteiger charge is -2.34. The summed E-state index contributed by atoms with van der Waals surface area (Å²) in [7, 11) is 0. The van der Waals surface area contributed by atoms with E-state index in [1.807, 2.05) is 6.08 Å². The molecule has 286 valence electrons. The Morgan fingerprint density at radius 1 is 0.542 bits per heavy atom. The van der Waals surface area contributed by atoms with E-state index in [-0.39, 0.29) is 5.41 Å². The van der Waals surface area contributed by atoms with Crippen LogP contribution in [0.15, 0.2) is 230 Å². The van der Waals surface area contributed by atoms with E-state index in [1.165, 1.54) is 50.2 Å². The summed E-state index contributed by atoms with van der Waals surface area (Å²) in [6.07, 6.45) is 15.3. The highest BCUT2D eigenvalue weighted by molar-refractivity contribution is 5.94. The van der Waals surface area contributed by atoms with Gasteiger partial charge in [0, 0.05) is 39.4 Å². The molecule has 0 spiro atoms. The summed E-state index contributed by atoms with van der Waals surface area (Å²) in [5.41, 5.74) is 17.6. The van der Waals surface area contributed by atoms with Crippen LogP contribution in [-0.4, -0.2) is 0 Å². The van der Waals surface area contributed by atoms with Gasteiger partial charge in [0.25, 0.3) is 0 Å². The van der Waals surface area contributed by atoms with E-state index in [4.69, 9.17) is 0 Å². The van der Waals surface area contributed by atoms with Crippen LogP contribution < -0.4 is 9.80 Å². The maximum absolute atomic E-state index is 4.17. The van der Waals surface area contributed by atoms with Gasteiger partial charge in [-0.3, -0.25) is 0 Å². The highest BCUT2D eigenvalue weighted by Crippen LogP contribution is 2.52. The maximum atomic E-state index is 4.17. The molecule has 0 fully saturated rings. The summed E-state index contributed by atoms with van der Waals surface area (Å²) in [5.74, 6) is 0. The molecule has 0 aliphatic heterocycles. The van der Waals surface area contributed by atoms with Gasteiger partial charge in [-0.05, 0) is 118 Å². The predicted molar refractivity (Wildman–Crippen MR) is 252 cm³/mol. The second kappa shape index (κ2) is 16.4. The Balaban J connectivity index is 1.27. The minimum Gasteiger partial charge on any atom is -0.311 e. The van der Waals surface area contributed by atoms with Crippen molar-refractivity contribution in [2.24, 2.45) is 0 Å². The van der Waals surface area contributed by atoms with Gasteiger partial charge in [0.2, 0.25) is 0 Å². The van der Waals surface area contributed by atoms with Crippen molar-refractivity contribution in [3.05, 3.63) is 253 Å². The molecule has 2 nitrogen and oxygen atoms in total. The number of benzene rings is 7. The fourth-order valence-corrected chi connectivity index (χ4v) is 8.78. The van der Waals surface area contributed by atoms with E-state index in [0.717, 1.165) is 46.9 Å². The maximum Gasteiger partial charge on any atom is 0.0537 e. The smallest absolute Gasteiger partial charge is 0.0537 e. The third-order valence-electron chi connectivity index (χ3n) is 11.7. The van der Waals surface area contributed by atoms with Crippen molar-refractivity contribution in [2.75, 3.05) is 9.80 Å². The Hall–Kier alpha value is -7.16. The molecule has 7 aromatic rings. The number of rotatable bonds is 11. The lowest BCUT2D eigenvalue weighted by molar-refractivity contribution is 0.660. The SMILES string of the molecule is C=C/C=C(\C=C/c1cc2c(cc1N(C1=CCCC=C1c1ccccc1)c1ccc(-c3ccccc3)cc1)C(C)(C)c1ccccc1-2)N(c1ccccc1)c1ccccc1. The number of hydrogen-bond acceptors (Lipinski definition) is 2. The fourth-order valence-electron chi connectivity index (χ4n) is 8.78. The molecular formula is C57H48N2. The van der Waals surface area contributed by atoms with Crippen molar-refractivity contribution in [2.45, 2.75) is 32.1 Å². The molecule has 0 radical (unpaired) electrons. The van der Waals surface area contributed by atoms with Crippen LogP contribution in [0.5, 0.6) is 0 Å². The second-order valence-corrected chi connectivity index (χ2v) is 15.7. The van der Waals surface area contributed by atoms with Crippen LogP contribution in [-0.2, 0) is 5.41 Å². The monoisotopic (exact) mass is 760 g/mol. The van der Waals surface area contributed by atoms with Crippen molar-refractivity contribution in [3.63, 3.8) is 0 Å². The number of anilines is 4. The number of allylic oxidation sites excluding steroid dienone is 6. The van der Waals surface area contributed by atoms with Crippen LogP contribution in [0.3, 0.4) is 0 Å². The summed E-state index contributed by atoms with van der Waals surface area (Å²) >= 11 is 0. The van der Waals surface area contributed by atoms with Crippen molar-refractivity contribution in [1.29, 1.82) is 0 Å². The number of nitrogens with zero attached hydrogens (tertiary/aromatic N) is 2. The van der Waals surface area contributed by atoms with Crippen LogP contribution >= 0.6 is 0 Å². The van der Waals surface area contributed by atoms with Crippen molar-refractivity contribution < 1.29 is 0 Å². The Labute approximate surface area is 349 Å². The Morgan fingerprint density at radius 3 is 1.75 bits per heavy atom. The Kier molecular flexibility index (Phi) is 10.4. The van der Waals surface area contributed by atoms with E-state index < -0.39 is 0 Å². The standard InChI is InChI=1S/C57H48N2/c1-4-21-46(58(47-26-13-7-14-27-47)48-28-15-8-16-29-48)39-36-45-40-52-51-31-17-19-32-53(51)57(2,3)54(52)41-56(45)59(49-37-34-43(35-38-49)42-22-9-5-10-23-42)55-33-20-18-30-50(55)44-24-11-6-12-25-44/h4-17,19,21-41H,1,18,20H2,2-3H3/b39-36-,46-21+. The fraction of sp³-hybridized carbons (Fsp3) is 0.0877. The van der Waals surface area contributed by atoms with Gasteiger partial charge in [0.05, 0.1) is 5.69 Å². The molecule has 9 rings (SSSR count). The van der Waals surface area contributed by atoms with Gasteiger partial charge in [-0.2, -0.15) is 0 Å². The molecule has 0 saturated heterocycles. The van der Waals surface area contributed by atoms with Gasteiger partial charge in [-0.1, -0.05) is 178 Å². The van der Waals surface area contributed by atoms with E-state index in [0.29, 0.717) is 0 Å². The zero-order valence-electron chi connectivity index (χ0n) is 33.8. The molecule has 59 heavy (non-hydrogen) atoms. The molecule has 0 unspecified atom stereocenters. The third-order valence-corrected chi connectivity index (χ3v) is 11.7. The topological polar surface area (TPSA) is 6.48 Å². The van der Waals surface area contributed by atoms with E-state index in [9.17, 15) is 0 Å². The Morgan fingerprint density at radius 2 is 1.10 bits per heavy atom. The first kappa shape index (κ1) is 37.4. The quantitative estimate of drug-likeness (QED) is 0.121. The molecule has 0 saturated carbocycles. The van der Waals surface area contributed by atoms with Crippen LogP contribution in [0.4, 0.5) is 22.7 Å². The van der Waals surface area contributed by atoms with Crippen molar-refractivity contribution in [1.82, 2.24) is 0 Å². The lowest BCUT2D eigenvalue weighted by atomic mass is 9.82. The largest absolute Gasteiger partial charge is 0.311 e. The summed E-state index contributed by atoms with van der Waals surface area (Å²) in [4.78, 5) is 4.80. The number of para-hydroxylation sites is 2. The highest BCUT2D eigenvalue weighted by atomic mass is 15.2. The zero-order valence-corrected chi connectivity index (χ0v) is 33.8. The summed E-state index contributed by atoms with van der Waals surface area (Å²) in [5, 5.41) is 0. The average molecular weight is 761 g/mol.